The maximum absolute atomic E-state index is 8.00. The zero-order valence-corrected chi connectivity index (χ0v) is 8.64. The monoisotopic (exact) mass is 196 g/mol. The van der Waals surface area contributed by atoms with Gasteiger partial charge in [-0.2, -0.15) is 0 Å². The lowest BCUT2D eigenvalue weighted by Crippen LogP contribution is -1.80. The Labute approximate surface area is 84.0 Å². The topological polar surface area (TPSA) is 17.1 Å². The Morgan fingerprint density at radius 1 is 1.38 bits per heavy atom. The lowest BCUT2D eigenvalue weighted by atomic mass is 10.1. The molecule has 0 radical (unpaired) electrons. The number of hydrogen-bond donors (Lipinski definition) is 0. The summed E-state index contributed by atoms with van der Waals surface area (Å²) in [5.41, 5.74) is 2.34. The van der Waals surface area contributed by atoms with Gasteiger partial charge >= 0.3 is 0 Å². The van der Waals surface area contributed by atoms with Gasteiger partial charge < -0.3 is 4.79 Å². The van der Waals surface area contributed by atoms with Crippen LogP contribution >= 0.6 is 11.6 Å². The fourth-order valence-corrected chi connectivity index (χ4v) is 1.31. The van der Waals surface area contributed by atoms with E-state index in [-0.39, 0.29) is 0 Å². The Hall–Kier alpha value is -1.08. The number of rotatable bonds is 1. The summed E-state index contributed by atoms with van der Waals surface area (Å²) in [6.07, 6.45) is 4.02. The van der Waals surface area contributed by atoms with Gasteiger partial charge in [-0.05, 0) is 31.0 Å². The molecule has 2 heteroatoms. The molecule has 1 aromatic carbocycles. The Morgan fingerprint density at radius 3 is 2.46 bits per heavy atom. The Balaban J connectivity index is 0.000000671. The van der Waals surface area contributed by atoms with Crippen molar-refractivity contribution in [2.75, 3.05) is 0 Å². The third-order valence-corrected chi connectivity index (χ3v) is 1.93. The molecule has 1 rings (SSSR count). The van der Waals surface area contributed by atoms with Crippen molar-refractivity contribution in [1.82, 2.24) is 0 Å². The maximum atomic E-state index is 8.00. The predicted molar refractivity (Wildman–Crippen MR) is 58.0 cm³/mol. The van der Waals surface area contributed by atoms with Crippen molar-refractivity contribution in [1.29, 1.82) is 0 Å². The molecule has 0 saturated heterocycles. The molecule has 13 heavy (non-hydrogen) atoms. The van der Waals surface area contributed by atoms with Gasteiger partial charge in [0.1, 0.15) is 6.79 Å². The number of halogens is 1. The quantitative estimate of drug-likeness (QED) is 0.672. The van der Waals surface area contributed by atoms with Crippen LogP contribution in [0.25, 0.3) is 6.08 Å². The summed E-state index contributed by atoms with van der Waals surface area (Å²) in [7, 11) is 0. The minimum Gasteiger partial charge on any atom is -0.307 e. The first-order chi connectivity index (χ1) is 6.25. The molecule has 0 unspecified atom stereocenters. The van der Waals surface area contributed by atoms with Crippen LogP contribution in [0.5, 0.6) is 0 Å². The average molecular weight is 197 g/mol. The van der Waals surface area contributed by atoms with E-state index in [0.717, 1.165) is 10.6 Å². The first-order valence-corrected chi connectivity index (χ1v) is 4.30. The van der Waals surface area contributed by atoms with Crippen molar-refractivity contribution in [2.45, 2.75) is 13.8 Å². The van der Waals surface area contributed by atoms with E-state index in [1.165, 1.54) is 5.56 Å². The van der Waals surface area contributed by atoms with Crippen molar-refractivity contribution < 1.29 is 4.79 Å². The molecule has 0 aliphatic carbocycles. The van der Waals surface area contributed by atoms with E-state index in [1.807, 2.05) is 38.0 Å². The maximum Gasteiger partial charge on any atom is 0.106 e. The molecule has 0 aliphatic rings. The van der Waals surface area contributed by atoms with Gasteiger partial charge in [0, 0.05) is 5.02 Å². The van der Waals surface area contributed by atoms with Crippen molar-refractivity contribution >= 4 is 24.5 Å². The third-order valence-electron chi connectivity index (χ3n) is 1.60. The molecular weight excluding hydrogens is 184 g/mol. The molecule has 0 aromatic heterocycles. The van der Waals surface area contributed by atoms with Gasteiger partial charge in [-0.3, -0.25) is 0 Å². The van der Waals surface area contributed by atoms with Gasteiger partial charge in [0.25, 0.3) is 0 Å². The first kappa shape index (κ1) is 11.9. The molecule has 0 aliphatic heterocycles. The molecule has 0 saturated carbocycles. The zero-order chi connectivity index (χ0) is 10.3. The minimum absolute atomic E-state index is 0.822. The van der Waals surface area contributed by atoms with E-state index < -0.39 is 0 Å². The molecule has 0 atom stereocenters. The summed E-state index contributed by atoms with van der Waals surface area (Å²) >= 11 is 5.96. The highest BCUT2D eigenvalue weighted by molar-refractivity contribution is 6.32. The highest BCUT2D eigenvalue weighted by Crippen LogP contribution is 2.20. The molecular formula is C11H13ClO. The van der Waals surface area contributed by atoms with Crippen LogP contribution in [0.3, 0.4) is 0 Å². The van der Waals surface area contributed by atoms with Crippen LogP contribution in [0.1, 0.15) is 18.1 Å². The number of carbonyl (C=O) groups excluding carboxylic acids is 1. The molecule has 0 amide bonds. The summed E-state index contributed by atoms with van der Waals surface area (Å²) in [6.45, 7) is 6.05. The van der Waals surface area contributed by atoms with Crippen LogP contribution < -0.4 is 0 Å². The van der Waals surface area contributed by atoms with Crippen molar-refractivity contribution in [3.63, 3.8) is 0 Å². The number of hydrogen-bond acceptors (Lipinski definition) is 1. The van der Waals surface area contributed by atoms with E-state index in [1.54, 1.807) is 0 Å². The number of aryl methyl sites for hydroxylation is 1. The van der Waals surface area contributed by atoms with Crippen molar-refractivity contribution in [3.8, 4) is 0 Å². The van der Waals surface area contributed by atoms with Gasteiger partial charge in [0.05, 0.1) is 0 Å². The third kappa shape index (κ3) is 3.43. The van der Waals surface area contributed by atoms with Crippen LogP contribution in [0, 0.1) is 6.92 Å². The normalized spacial score (nSPS) is 9.46. The summed E-state index contributed by atoms with van der Waals surface area (Å²) in [6, 6.07) is 5.93. The summed E-state index contributed by atoms with van der Waals surface area (Å²) in [5.74, 6) is 0. The van der Waals surface area contributed by atoms with Gasteiger partial charge in [-0.1, -0.05) is 35.9 Å². The highest BCUT2D eigenvalue weighted by atomic mass is 35.5. The number of benzene rings is 1. The largest absolute Gasteiger partial charge is 0.307 e. The van der Waals surface area contributed by atoms with Gasteiger partial charge in [-0.25, -0.2) is 0 Å². The second-order valence-corrected chi connectivity index (χ2v) is 2.88. The van der Waals surface area contributed by atoms with E-state index in [9.17, 15) is 0 Å². The second kappa shape index (κ2) is 6.44. The van der Waals surface area contributed by atoms with Gasteiger partial charge in [0.2, 0.25) is 0 Å². The number of carbonyl (C=O) groups is 1. The first-order valence-electron chi connectivity index (χ1n) is 3.92. The Kier molecular flexibility index (Phi) is 5.90. The van der Waals surface area contributed by atoms with Crippen molar-refractivity contribution in [3.05, 3.63) is 40.4 Å². The lowest BCUT2D eigenvalue weighted by molar-refractivity contribution is -0.0979. The molecule has 0 fully saturated rings. The molecule has 1 aromatic rings. The van der Waals surface area contributed by atoms with E-state index in [4.69, 9.17) is 16.4 Å². The minimum atomic E-state index is 0.822. The molecule has 70 valence electrons. The van der Waals surface area contributed by atoms with Crippen LogP contribution in [0.15, 0.2) is 24.3 Å². The SMILES string of the molecule is C/C=C/c1c(C)cccc1Cl.C=O. The highest BCUT2D eigenvalue weighted by Gasteiger charge is 1.97. The molecule has 1 nitrogen and oxygen atoms in total. The Morgan fingerprint density at radius 2 is 2.00 bits per heavy atom. The lowest BCUT2D eigenvalue weighted by Gasteiger charge is -2.01. The average Bonchev–Trinajstić information content (AvgIpc) is 2.15. The molecule has 0 N–H and O–H groups in total. The van der Waals surface area contributed by atoms with E-state index >= 15 is 0 Å². The van der Waals surface area contributed by atoms with Gasteiger partial charge in [-0.15, -0.1) is 0 Å². The van der Waals surface area contributed by atoms with Crippen molar-refractivity contribution in [2.24, 2.45) is 0 Å². The zero-order valence-electron chi connectivity index (χ0n) is 7.88. The van der Waals surface area contributed by atoms with Crippen LogP contribution in [-0.2, 0) is 4.79 Å². The summed E-state index contributed by atoms with van der Waals surface area (Å²) in [5, 5.41) is 0.822. The second-order valence-electron chi connectivity index (χ2n) is 2.47. The number of allylic oxidation sites excluding steroid dienone is 1. The van der Waals surface area contributed by atoms with Crippen LogP contribution in [-0.4, -0.2) is 6.79 Å². The van der Waals surface area contributed by atoms with Crippen LogP contribution in [0.4, 0.5) is 0 Å². The standard InChI is InChI=1S/C10H11Cl.CH2O/c1-3-5-9-8(2)6-4-7-10(9)11;1-2/h3-7H,1-2H3;1H2/b5-3+;. The van der Waals surface area contributed by atoms with Gasteiger partial charge in [0.15, 0.2) is 0 Å². The smallest absolute Gasteiger partial charge is 0.106 e. The predicted octanol–water partition coefficient (Wildman–Crippen LogP) is 3.50. The molecule has 0 heterocycles. The van der Waals surface area contributed by atoms with E-state index in [2.05, 4.69) is 13.0 Å². The fraction of sp³-hybridized carbons (Fsp3) is 0.182. The Bertz CT molecular complexity index is 272. The van der Waals surface area contributed by atoms with E-state index in [0.29, 0.717) is 0 Å². The fourth-order valence-electron chi connectivity index (χ4n) is 1.02. The summed E-state index contributed by atoms with van der Waals surface area (Å²) < 4.78 is 0. The van der Waals surface area contributed by atoms with Crippen LogP contribution in [0.2, 0.25) is 5.02 Å². The molecule has 0 bridgehead atoms. The summed E-state index contributed by atoms with van der Waals surface area (Å²) in [4.78, 5) is 8.00. The molecule has 0 spiro atoms.